The Labute approximate surface area is 107 Å². The molecule has 0 bridgehead atoms. The van der Waals surface area contributed by atoms with E-state index in [1.54, 1.807) is 12.3 Å². The second-order valence-electron chi connectivity index (χ2n) is 5.40. The molecule has 0 unspecified atom stereocenters. The Bertz CT molecular complexity index is 468. The molecule has 1 aliphatic heterocycles. The smallest absolute Gasteiger partial charge is 0.233 e. The lowest BCUT2D eigenvalue weighted by atomic mass is 9.82. The lowest BCUT2D eigenvalue weighted by molar-refractivity contribution is -0.148. The Morgan fingerprint density at radius 2 is 1.61 bits per heavy atom. The predicted molar refractivity (Wildman–Crippen MR) is 70.3 cm³/mol. The highest BCUT2D eigenvalue weighted by atomic mass is 16.2. The Morgan fingerprint density at radius 3 is 2.17 bits per heavy atom. The number of carbonyl (C=O) groups is 2. The second-order valence-corrected chi connectivity index (χ2v) is 5.40. The van der Waals surface area contributed by atoms with Gasteiger partial charge in [-0.2, -0.15) is 0 Å². The fourth-order valence-electron chi connectivity index (χ4n) is 2.08. The molecule has 1 heterocycles. The van der Waals surface area contributed by atoms with E-state index in [-0.39, 0.29) is 17.2 Å². The molecule has 3 nitrogen and oxygen atoms in total. The van der Waals surface area contributed by atoms with Crippen molar-refractivity contribution < 1.29 is 9.59 Å². The average molecular weight is 243 g/mol. The Kier molecular flexibility index (Phi) is 3.32. The van der Waals surface area contributed by atoms with Gasteiger partial charge < -0.3 is 0 Å². The van der Waals surface area contributed by atoms with E-state index in [2.05, 4.69) is 0 Å². The summed E-state index contributed by atoms with van der Waals surface area (Å²) < 4.78 is 0. The number of hydrogen-bond acceptors (Lipinski definition) is 2. The molecular weight excluding hydrogens is 226 g/mol. The number of nitrogens with zero attached hydrogens (tertiary/aromatic N) is 1. The number of hydrogen-bond donors (Lipinski definition) is 0. The predicted octanol–water partition coefficient (Wildman–Crippen LogP) is 2.83. The molecule has 0 radical (unpaired) electrons. The molecule has 18 heavy (non-hydrogen) atoms. The Hall–Kier alpha value is -1.90. The van der Waals surface area contributed by atoms with Crippen LogP contribution in [0.3, 0.4) is 0 Å². The van der Waals surface area contributed by atoms with Crippen molar-refractivity contribution in [2.24, 2.45) is 5.41 Å². The SMILES string of the molecule is CC1(C)CC(=O)N(/C=C\c2ccccc2)C(=O)C1. The first-order valence-corrected chi connectivity index (χ1v) is 6.06. The molecule has 0 spiro atoms. The normalized spacial score (nSPS) is 19.6. The molecular formula is C15H17NO2. The number of benzene rings is 1. The van der Waals surface area contributed by atoms with E-state index in [4.69, 9.17) is 0 Å². The highest BCUT2D eigenvalue weighted by Gasteiger charge is 2.36. The van der Waals surface area contributed by atoms with Gasteiger partial charge in [-0.15, -0.1) is 0 Å². The quantitative estimate of drug-likeness (QED) is 0.749. The highest BCUT2D eigenvalue weighted by Crippen LogP contribution is 2.31. The third kappa shape index (κ3) is 2.86. The van der Waals surface area contributed by atoms with Crippen molar-refractivity contribution in [1.29, 1.82) is 0 Å². The maximum atomic E-state index is 11.9. The zero-order valence-electron chi connectivity index (χ0n) is 10.7. The van der Waals surface area contributed by atoms with E-state index in [1.165, 1.54) is 4.90 Å². The molecule has 1 aliphatic rings. The summed E-state index contributed by atoms with van der Waals surface area (Å²) in [4.78, 5) is 25.0. The van der Waals surface area contributed by atoms with Crippen LogP contribution >= 0.6 is 0 Å². The Morgan fingerprint density at radius 1 is 1.06 bits per heavy atom. The fraction of sp³-hybridized carbons (Fsp3) is 0.333. The van der Waals surface area contributed by atoms with E-state index in [1.807, 2.05) is 44.2 Å². The van der Waals surface area contributed by atoms with Crippen LogP contribution in [0.5, 0.6) is 0 Å². The first-order valence-electron chi connectivity index (χ1n) is 6.06. The summed E-state index contributed by atoms with van der Waals surface area (Å²) in [5.41, 5.74) is 0.758. The molecule has 1 aromatic carbocycles. The monoisotopic (exact) mass is 243 g/mol. The molecule has 94 valence electrons. The van der Waals surface area contributed by atoms with E-state index < -0.39 is 0 Å². The standard InChI is InChI=1S/C15H17NO2/c1-15(2)10-13(17)16(14(18)11-15)9-8-12-6-4-3-5-7-12/h3-9H,10-11H2,1-2H3/b9-8-. The van der Waals surface area contributed by atoms with Gasteiger partial charge in [0.2, 0.25) is 11.8 Å². The number of amides is 2. The number of imide groups is 1. The van der Waals surface area contributed by atoms with E-state index in [9.17, 15) is 9.59 Å². The van der Waals surface area contributed by atoms with Gasteiger partial charge in [0.05, 0.1) is 0 Å². The van der Waals surface area contributed by atoms with Gasteiger partial charge in [0.15, 0.2) is 0 Å². The zero-order valence-corrected chi connectivity index (χ0v) is 10.7. The van der Waals surface area contributed by atoms with Gasteiger partial charge >= 0.3 is 0 Å². The van der Waals surface area contributed by atoms with Gasteiger partial charge in [0.25, 0.3) is 0 Å². The Balaban J connectivity index is 2.13. The van der Waals surface area contributed by atoms with Gasteiger partial charge in [-0.1, -0.05) is 44.2 Å². The molecule has 0 saturated carbocycles. The van der Waals surface area contributed by atoms with Crippen LogP contribution in [-0.4, -0.2) is 16.7 Å². The van der Waals surface area contributed by atoms with Gasteiger partial charge in [-0.3, -0.25) is 14.5 Å². The van der Waals surface area contributed by atoms with Crippen LogP contribution in [0, 0.1) is 5.41 Å². The van der Waals surface area contributed by atoms with Crippen LogP contribution in [-0.2, 0) is 9.59 Å². The molecule has 1 aromatic rings. The van der Waals surface area contributed by atoms with Gasteiger partial charge in [-0.25, -0.2) is 0 Å². The van der Waals surface area contributed by atoms with Crippen LogP contribution < -0.4 is 0 Å². The second kappa shape index (κ2) is 4.77. The van der Waals surface area contributed by atoms with Crippen molar-refractivity contribution in [3.05, 3.63) is 42.1 Å². The summed E-state index contributed by atoms with van der Waals surface area (Å²) in [6.07, 6.45) is 4.19. The zero-order chi connectivity index (χ0) is 13.2. The van der Waals surface area contributed by atoms with Gasteiger partial charge in [-0.05, 0) is 17.1 Å². The van der Waals surface area contributed by atoms with Crippen molar-refractivity contribution in [1.82, 2.24) is 4.90 Å². The third-order valence-corrected chi connectivity index (χ3v) is 3.01. The highest BCUT2D eigenvalue weighted by molar-refractivity contribution is 6.00. The molecule has 2 rings (SSSR count). The van der Waals surface area contributed by atoms with Crippen LogP contribution in [0.25, 0.3) is 6.08 Å². The minimum absolute atomic E-state index is 0.122. The topological polar surface area (TPSA) is 37.4 Å². The summed E-state index contributed by atoms with van der Waals surface area (Å²) in [5, 5.41) is 0. The summed E-state index contributed by atoms with van der Waals surface area (Å²) in [6.45, 7) is 3.89. The molecule has 0 N–H and O–H groups in total. The maximum Gasteiger partial charge on any atom is 0.233 e. The number of rotatable bonds is 2. The van der Waals surface area contributed by atoms with Crippen LogP contribution in [0.2, 0.25) is 0 Å². The van der Waals surface area contributed by atoms with Crippen LogP contribution in [0.15, 0.2) is 36.5 Å². The number of piperidine rings is 1. The minimum atomic E-state index is -0.217. The van der Waals surface area contributed by atoms with Crippen molar-refractivity contribution >= 4 is 17.9 Å². The van der Waals surface area contributed by atoms with Gasteiger partial charge in [0.1, 0.15) is 0 Å². The minimum Gasteiger partial charge on any atom is -0.274 e. The van der Waals surface area contributed by atoms with Gasteiger partial charge in [0, 0.05) is 19.0 Å². The first-order chi connectivity index (χ1) is 8.48. The lowest BCUT2D eigenvalue weighted by Gasteiger charge is -2.32. The lowest BCUT2D eigenvalue weighted by Crippen LogP contribution is -2.42. The molecule has 0 aromatic heterocycles. The summed E-state index contributed by atoms with van der Waals surface area (Å²) in [5.74, 6) is -0.244. The average Bonchev–Trinajstić information content (AvgIpc) is 2.27. The van der Waals surface area contributed by atoms with Crippen molar-refractivity contribution in [2.45, 2.75) is 26.7 Å². The van der Waals surface area contributed by atoms with Crippen molar-refractivity contribution in [3.8, 4) is 0 Å². The maximum absolute atomic E-state index is 11.9. The van der Waals surface area contributed by atoms with Crippen molar-refractivity contribution in [2.75, 3.05) is 0 Å². The van der Waals surface area contributed by atoms with Crippen LogP contribution in [0.4, 0.5) is 0 Å². The summed E-state index contributed by atoms with van der Waals surface area (Å²) >= 11 is 0. The largest absolute Gasteiger partial charge is 0.274 e. The molecule has 0 aliphatic carbocycles. The van der Waals surface area contributed by atoms with E-state index in [0.717, 1.165) is 5.56 Å². The summed E-state index contributed by atoms with van der Waals surface area (Å²) in [7, 11) is 0. The number of carbonyl (C=O) groups excluding carboxylic acids is 2. The molecule has 1 fully saturated rings. The fourth-order valence-corrected chi connectivity index (χ4v) is 2.08. The molecule has 2 amide bonds. The molecule has 1 saturated heterocycles. The van der Waals surface area contributed by atoms with Crippen molar-refractivity contribution in [3.63, 3.8) is 0 Å². The van der Waals surface area contributed by atoms with E-state index in [0.29, 0.717) is 12.8 Å². The first kappa shape index (κ1) is 12.6. The molecule has 0 atom stereocenters. The summed E-state index contributed by atoms with van der Waals surface area (Å²) in [6, 6.07) is 9.63. The van der Waals surface area contributed by atoms with E-state index >= 15 is 0 Å². The third-order valence-electron chi connectivity index (χ3n) is 3.01. The number of likely N-dealkylation sites (tertiary alicyclic amines) is 1. The molecule has 3 heteroatoms. The van der Waals surface area contributed by atoms with Crippen LogP contribution in [0.1, 0.15) is 32.3 Å².